The molecular weight excluding hydrogens is 529 g/mol. The van der Waals surface area contributed by atoms with Crippen LogP contribution in [0.5, 0.6) is 0 Å². The van der Waals surface area contributed by atoms with E-state index in [9.17, 15) is 19.1 Å². The van der Waals surface area contributed by atoms with Crippen molar-refractivity contribution in [1.82, 2.24) is 9.80 Å². The maximum Gasteiger partial charge on any atom is 0.319 e. The molecular formula is C35H42FN3O3. The van der Waals surface area contributed by atoms with Crippen molar-refractivity contribution in [3.05, 3.63) is 65.5 Å². The van der Waals surface area contributed by atoms with E-state index >= 15 is 0 Å². The number of carbonyl (C=O) groups is 2. The molecule has 4 aliphatic heterocycles. The quantitative estimate of drug-likeness (QED) is 0.387. The van der Waals surface area contributed by atoms with Gasteiger partial charge in [0, 0.05) is 36.8 Å². The number of fused-ring (bicyclic) bond motifs is 3. The van der Waals surface area contributed by atoms with Gasteiger partial charge in [0.15, 0.2) is 0 Å². The van der Waals surface area contributed by atoms with Crippen molar-refractivity contribution in [2.24, 2.45) is 16.3 Å². The molecule has 4 heterocycles. The number of aliphatic imine (C=N–C) groups is 1. The Balaban J connectivity index is 1.06. The predicted molar refractivity (Wildman–Crippen MR) is 161 cm³/mol. The molecule has 42 heavy (non-hydrogen) atoms. The Hall–Kier alpha value is -3.06. The largest absolute Gasteiger partial charge is 0.480 e. The van der Waals surface area contributed by atoms with E-state index in [-0.39, 0.29) is 17.1 Å². The van der Waals surface area contributed by atoms with Gasteiger partial charge in [-0.3, -0.25) is 19.5 Å². The molecule has 4 atom stereocenters. The van der Waals surface area contributed by atoms with Crippen molar-refractivity contribution in [2.45, 2.75) is 94.5 Å². The van der Waals surface area contributed by atoms with Crippen LogP contribution in [-0.4, -0.2) is 64.2 Å². The highest BCUT2D eigenvalue weighted by molar-refractivity contribution is 6.03. The third-order valence-electron chi connectivity index (χ3n) is 11.7. The maximum atomic E-state index is 14.5. The number of nitrogens with zero attached hydrogens (tertiary/aromatic N) is 3. The molecule has 5 aliphatic rings. The summed E-state index contributed by atoms with van der Waals surface area (Å²) in [7, 11) is 0. The van der Waals surface area contributed by atoms with E-state index in [4.69, 9.17) is 4.99 Å². The van der Waals surface area contributed by atoms with E-state index < -0.39 is 11.4 Å². The highest BCUT2D eigenvalue weighted by Crippen LogP contribution is 2.50. The van der Waals surface area contributed by atoms with Gasteiger partial charge in [-0.25, -0.2) is 4.39 Å². The minimum Gasteiger partial charge on any atom is -0.480 e. The van der Waals surface area contributed by atoms with Crippen molar-refractivity contribution in [1.29, 1.82) is 0 Å². The maximum absolute atomic E-state index is 14.5. The number of amides is 1. The number of para-hydroxylation sites is 1. The van der Waals surface area contributed by atoms with E-state index in [1.807, 2.05) is 6.07 Å². The number of halogens is 1. The average Bonchev–Trinajstić information content (AvgIpc) is 3.41. The Labute approximate surface area is 248 Å². The van der Waals surface area contributed by atoms with Gasteiger partial charge in [0.25, 0.3) is 0 Å². The predicted octanol–water partition coefficient (Wildman–Crippen LogP) is 6.46. The molecule has 6 nitrogen and oxygen atoms in total. The Kier molecular flexibility index (Phi) is 6.99. The van der Waals surface area contributed by atoms with E-state index in [0.717, 1.165) is 43.5 Å². The van der Waals surface area contributed by atoms with E-state index in [2.05, 4.69) is 36.1 Å². The summed E-state index contributed by atoms with van der Waals surface area (Å²) < 4.78 is 14.5. The minimum atomic E-state index is -1.23. The number of piperidine rings is 2. The number of rotatable bonds is 7. The fourth-order valence-corrected chi connectivity index (χ4v) is 9.22. The SMILES string of the molecule is CC1=Nc2ccccc2C1C1C[C@H]2CC[C@@H](C1)N2CCC1(c2cccc(F)c2)CCN(C(=O)C2(C(=O)O)CCC2)CC1. The first kappa shape index (κ1) is 27.8. The van der Waals surface area contributed by atoms with Crippen molar-refractivity contribution in [3.8, 4) is 0 Å². The zero-order chi connectivity index (χ0) is 29.1. The molecule has 1 saturated carbocycles. The van der Waals surface area contributed by atoms with Crippen LogP contribution in [0.4, 0.5) is 10.1 Å². The molecule has 0 radical (unpaired) electrons. The smallest absolute Gasteiger partial charge is 0.319 e. The molecule has 1 aliphatic carbocycles. The monoisotopic (exact) mass is 571 g/mol. The number of hydrogen-bond donors (Lipinski definition) is 1. The van der Waals surface area contributed by atoms with Crippen LogP contribution >= 0.6 is 0 Å². The Morgan fingerprint density at radius 3 is 2.36 bits per heavy atom. The van der Waals surface area contributed by atoms with Crippen LogP contribution < -0.4 is 0 Å². The molecule has 0 spiro atoms. The molecule has 7 heteroatoms. The molecule has 0 aromatic heterocycles. The topological polar surface area (TPSA) is 73.2 Å². The summed E-state index contributed by atoms with van der Waals surface area (Å²) in [6.07, 6.45) is 8.90. The van der Waals surface area contributed by atoms with Gasteiger partial charge in [0.1, 0.15) is 11.2 Å². The molecule has 222 valence electrons. The lowest BCUT2D eigenvalue weighted by Gasteiger charge is -2.48. The van der Waals surface area contributed by atoms with Crippen LogP contribution in [0.15, 0.2) is 53.5 Å². The van der Waals surface area contributed by atoms with Crippen LogP contribution in [-0.2, 0) is 15.0 Å². The molecule has 4 fully saturated rings. The summed E-state index contributed by atoms with van der Waals surface area (Å²) in [6.45, 7) is 4.22. The summed E-state index contributed by atoms with van der Waals surface area (Å²) in [5, 5.41) is 9.83. The van der Waals surface area contributed by atoms with Crippen molar-refractivity contribution >= 4 is 23.3 Å². The fourth-order valence-electron chi connectivity index (χ4n) is 9.22. The lowest BCUT2D eigenvalue weighted by Crippen LogP contribution is -2.56. The first-order valence-corrected chi connectivity index (χ1v) is 16.0. The molecule has 2 aromatic carbocycles. The third kappa shape index (κ3) is 4.50. The molecule has 2 aromatic rings. The summed E-state index contributed by atoms with van der Waals surface area (Å²) in [6, 6.07) is 16.8. The third-order valence-corrected chi connectivity index (χ3v) is 11.7. The average molecular weight is 572 g/mol. The molecule has 2 bridgehead atoms. The second-order valence-corrected chi connectivity index (χ2v) is 13.7. The van der Waals surface area contributed by atoms with Crippen molar-refractivity contribution < 1.29 is 19.1 Å². The highest BCUT2D eigenvalue weighted by atomic mass is 19.1. The van der Waals surface area contributed by atoms with Gasteiger partial charge >= 0.3 is 5.97 Å². The summed E-state index contributed by atoms with van der Waals surface area (Å²) >= 11 is 0. The highest BCUT2D eigenvalue weighted by Gasteiger charge is 2.54. The summed E-state index contributed by atoms with van der Waals surface area (Å²) in [4.78, 5) is 34.8. The van der Waals surface area contributed by atoms with Crippen LogP contribution in [0.1, 0.15) is 88.2 Å². The standard InChI is InChI=1S/C35H42FN3O3/c1-23-31(29-8-2-3-9-30(29)37-23)24-20-27-10-11-28(21-24)39(27)19-16-34(25-6-4-7-26(36)22-25)14-17-38(18-15-34)32(40)35(33(41)42)12-5-13-35/h2-4,6-9,22,24,27-28,31H,5,10-21H2,1H3,(H,41,42)/t24?,27-,28+,31?. The first-order valence-electron chi connectivity index (χ1n) is 16.0. The number of aliphatic carboxylic acids is 1. The molecule has 3 saturated heterocycles. The molecule has 1 amide bonds. The number of benzene rings is 2. The number of carboxylic acids is 1. The molecule has 2 unspecified atom stereocenters. The number of hydrogen-bond acceptors (Lipinski definition) is 4. The number of carboxylic acid groups (broad SMARTS) is 1. The van der Waals surface area contributed by atoms with Crippen LogP contribution in [0.2, 0.25) is 0 Å². The lowest BCUT2D eigenvalue weighted by atomic mass is 9.66. The van der Waals surface area contributed by atoms with Crippen LogP contribution in [0.3, 0.4) is 0 Å². The fraction of sp³-hybridized carbons (Fsp3) is 0.571. The Morgan fingerprint density at radius 1 is 1.00 bits per heavy atom. The summed E-state index contributed by atoms with van der Waals surface area (Å²) in [5.41, 5.74) is 3.35. The van der Waals surface area contributed by atoms with Gasteiger partial charge in [0.05, 0.1) is 5.69 Å². The molecule has 1 N–H and O–H groups in total. The van der Waals surface area contributed by atoms with Crippen LogP contribution in [0, 0.1) is 17.2 Å². The lowest BCUT2D eigenvalue weighted by molar-refractivity contribution is -0.168. The summed E-state index contributed by atoms with van der Waals surface area (Å²) in [5.74, 6) is -0.384. The van der Waals surface area contributed by atoms with Gasteiger partial charge in [-0.15, -0.1) is 0 Å². The van der Waals surface area contributed by atoms with Gasteiger partial charge in [-0.2, -0.15) is 0 Å². The van der Waals surface area contributed by atoms with E-state index in [1.165, 1.54) is 43.0 Å². The van der Waals surface area contributed by atoms with E-state index in [0.29, 0.717) is 49.9 Å². The minimum absolute atomic E-state index is 0.221. The molecule has 7 rings (SSSR count). The van der Waals surface area contributed by atoms with Gasteiger partial charge in [0.2, 0.25) is 5.91 Å². The van der Waals surface area contributed by atoms with Crippen molar-refractivity contribution in [3.63, 3.8) is 0 Å². The zero-order valence-corrected chi connectivity index (χ0v) is 24.6. The normalized spacial score (nSPS) is 29.5. The number of likely N-dealkylation sites (tertiary alicyclic amines) is 1. The van der Waals surface area contributed by atoms with E-state index in [1.54, 1.807) is 17.0 Å². The van der Waals surface area contributed by atoms with Crippen molar-refractivity contribution in [2.75, 3.05) is 19.6 Å². The Bertz CT molecular complexity index is 1400. The number of carbonyl (C=O) groups excluding carboxylic acids is 1. The Morgan fingerprint density at radius 2 is 1.71 bits per heavy atom. The zero-order valence-electron chi connectivity index (χ0n) is 24.6. The first-order chi connectivity index (χ1) is 20.3. The second kappa shape index (κ2) is 10.6. The van der Waals surface area contributed by atoms with Gasteiger partial charge < -0.3 is 10.0 Å². The van der Waals surface area contributed by atoms with Crippen LogP contribution in [0.25, 0.3) is 0 Å². The van der Waals surface area contributed by atoms with Gasteiger partial charge in [-0.05, 0) is 112 Å². The second-order valence-electron chi connectivity index (χ2n) is 13.7. The van der Waals surface area contributed by atoms with Gasteiger partial charge in [-0.1, -0.05) is 36.8 Å².